The van der Waals surface area contributed by atoms with Crippen molar-refractivity contribution < 1.29 is 0 Å². The summed E-state index contributed by atoms with van der Waals surface area (Å²) in [6.45, 7) is 13.4. The standard InChI is InChI=1S/C16H24N2/c1-11-8-12(2)14(4)15(13(11)3)9-18(7)16(5,6)10-17/h8H,9H2,1-7H3. The van der Waals surface area contributed by atoms with E-state index in [9.17, 15) is 5.26 Å². The lowest BCUT2D eigenvalue weighted by atomic mass is 9.93. The molecular weight excluding hydrogens is 220 g/mol. The summed E-state index contributed by atoms with van der Waals surface area (Å²) >= 11 is 0. The Kier molecular flexibility index (Phi) is 4.19. The Hall–Kier alpha value is -1.33. The van der Waals surface area contributed by atoms with E-state index in [2.05, 4.69) is 44.7 Å². The van der Waals surface area contributed by atoms with E-state index in [0.717, 1.165) is 6.54 Å². The second-order valence-electron chi connectivity index (χ2n) is 5.77. The van der Waals surface area contributed by atoms with E-state index in [1.165, 1.54) is 27.8 Å². The maximum atomic E-state index is 9.20. The molecule has 2 nitrogen and oxygen atoms in total. The third-order valence-electron chi connectivity index (χ3n) is 4.14. The lowest BCUT2D eigenvalue weighted by Gasteiger charge is -2.30. The van der Waals surface area contributed by atoms with Crippen molar-refractivity contribution in [3.05, 3.63) is 33.9 Å². The molecule has 0 aliphatic carbocycles. The van der Waals surface area contributed by atoms with Gasteiger partial charge in [-0.3, -0.25) is 4.90 Å². The van der Waals surface area contributed by atoms with Crippen LogP contribution in [0.5, 0.6) is 0 Å². The van der Waals surface area contributed by atoms with Crippen molar-refractivity contribution in [3.8, 4) is 6.07 Å². The van der Waals surface area contributed by atoms with E-state index in [1.54, 1.807) is 0 Å². The number of benzene rings is 1. The molecule has 0 amide bonds. The number of nitrogens with zero attached hydrogens (tertiary/aromatic N) is 2. The third kappa shape index (κ3) is 2.73. The molecule has 0 bridgehead atoms. The Morgan fingerprint density at radius 3 is 1.94 bits per heavy atom. The normalized spacial score (nSPS) is 11.7. The molecule has 0 N–H and O–H groups in total. The van der Waals surface area contributed by atoms with Gasteiger partial charge in [-0.25, -0.2) is 0 Å². The molecule has 18 heavy (non-hydrogen) atoms. The van der Waals surface area contributed by atoms with Crippen molar-refractivity contribution in [1.82, 2.24) is 4.90 Å². The molecule has 0 unspecified atom stereocenters. The van der Waals surface area contributed by atoms with Gasteiger partial charge in [-0.05, 0) is 76.4 Å². The monoisotopic (exact) mass is 244 g/mol. The van der Waals surface area contributed by atoms with E-state index in [4.69, 9.17) is 0 Å². The average Bonchev–Trinajstić information content (AvgIpc) is 2.31. The van der Waals surface area contributed by atoms with Gasteiger partial charge in [-0.1, -0.05) is 6.07 Å². The number of hydrogen-bond acceptors (Lipinski definition) is 2. The Balaban J connectivity index is 3.17. The highest BCUT2D eigenvalue weighted by Crippen LogP contribution is 2.25. The quantitative estimate of drug-likeness (QED) is 0.811. The molecule has 0 atom stereocenters. The fourth-order valence-corrected chi connectivity index (χ4v) is 2.06. The molecule has 0 aliphatic rings. The van der Waals surface area contributed by atoms with Gasteiger partial charge in [0.2, 0.25) is 0 Å². The second-order valence-corrected chi connectivity index (χ2v) is 5.77. The molecule has 1 aromatic carbocycles. The van der Waals surface area contributed by atoms with E-state index in [-0.39, 0.29) is 0 Å². The second kappa shape index (κ2) is 5.12. The highest BCUT2D eigenvalue weighted by Gasteiger charge is 2.24. The van der Waals surface area contributed by atoms with E-state index >= 15 is 0 Å². The van der Waals surface area contributed by atoms with Crippen LogP contribution in [0, 0.1) is 39.0 Å². The maximum Gasteiger partial charge on any atom is 0.103 e. The lowest BCUT2D eigenvalue weighted by Crippen LogP contribution is -2.39. The van der Waals surface area contributed by atoms with Crippen LogP contribution in [0.2, 0.25) is 0 Å². The number of rotatable bonds is 3. The summed E-state index contributed by atoms with van der Waals surface area (Å²) in [6.07, 6.45) is 0. The smallest absolute Gasteiger partial charge is 0.103 e. The minimum atomic E-state index is -0.434. The van der Waals surface area contributed by atoms with Crippen molar-refractivity contribution in [2.45, 2.75) is 53.6 Å². The highest BCUT2D eigenvalue weighted by atomic mass is 15.2. The van der Waals surface area contributed by atoms with Crippen molar-refractivity contribution >= 4 is 0 Å². The predicted octanol–water partition coefficient (Wildman–Crippen LogP) is 3.65. The molecule has 0 aromatic heterocycles. The van der Waals surface area contributed by atoms with E-state index in [0.29, 0.717) is 0 Å². The minimum absolute atomic E-state index is 0.434. The summed E-state index contributed by atoms with van der Waals surface area (Å²) in [5, 5.41) is 9.20. The van der Waals surface area contributed by atoms with Crippen molar-refractivity contribution in [2.75, 3.05) is 7.05 Å². The van der Waals surface area contributed by atoms with Crippen LogP contribution in [0.3, 0.4) is 0 Å². The Bertz CT molecular complexity index is 467. The minimum Gasteiger partial charge on any atom is -0.285 e. The predicted molar refractivity (Wildman–Crippen MR) is 76.5 cm³/mol. The van der Waals surface area contributed by atoms with Crippen LogP contribution in [0.25, 0.3) is 0 Å². The van der Waals surface area contributed by atoms with Crippen molar-refractivity contribution in [1.29, 1.82) is 5.26 Å². The molecule has 0 heterocycles. The summed E-state index contributed by atoms with van der Waals surface area (Å²) in [6, 6.07) is 4.60. The van der Waals surface area contributed by atoms with Crippen LogP contribution in [0.4, 0.5) is 0 Å². The summed E-state index contributed by atoms with van der Waals surface area (Å²) < 4.78 is 0. The maximum absolute atomic E-state index is 9.20. The van der Waals surface area contributed by atoms with Gasteiger partial charge in [0.15, 0.2) is 0 Å². The Morgan fingerprint density at radius 1 is 1.11 bits per heavy atom. The molecule has 0 spiro atoms. The molecule has 0 aliphatic heterocycles. The first-order valence-electron chi connectivity index (χ1n) is 6.39. The van der Waals surface area contributed by atoms with E-state index < -0.39 is 5.54 Å². The SMILES string of the molecule is Cc1cc(C)c(C)c(CN(C)C(C)(C)C#N)c1C. The van der Waals surface area contributed by atoms with Crippen LogP contribution in [-0.4, -0.2) is 17.5 Å². The van der Waals surface area contributed by atoms with Crippen LogP contribution in [-0.2, 0) is 6.54 Å². The van der Waals surface area contributed by atoms with Gasteiger partial charge in [-0.15, -0.1) is 0 Å². The number of hydrogen-bond donors (Lipinski definition) is 0. The first-order valence-corrected chi connectivity index (χ1v) is 6.39. The van der Waals surface area contributed by atoms with Crippen molar-refractivity contribution in [3.63, 3.8) is 0 Å². The first kappa shape index (κ1) is 14.7. The first-order chi connectivity index (χ1) is 8.20. The fourth-order valence-electron chi connectivity index (χ4n) is 2.06. The topological polar surface area (TPSA) is 27.0 Å². The van der Waals surface area contributed by atoms with Gasteiger partial charge in [0, 0.05) is 6.54 Å². The average molecular weight is 244 g/mol. The van der Waals surface area contributed by atoms with Crippen molar-refractivity contribution in [2.24, 2.45) is 0 Å². The molecule has 0 saturated heterocycles. The van der Waals surface area contributed by atoms with Gasteiger partial charge in [-0.2, -0.15) is 5.26 Å². The fraction of sp³-hybridized carbons (Fsp3) is 0.562. The van der Waals surface area contributed by atoms with Crippen LogP contribution < -0.4 is 0 Å². The van der Waals surface area contributed by atoms with Gasteiger partial charge in [0.1, 0.15) is 5.54 Å². The summed E-state index contributed by atoms with van der Waals surface area (Å²) in [5.41, 5.74) is 6.28. The molecule has 0 saturated carbocycles. The largest absolute Gasteiger partial charge is 0.285 e. The third-order valence-corrected chi connectivity index (χ3v) is 4.14. The lowest BCUT2D eigenvalue weighted by molar-refractivity contribution is 0.202. The zero-order valence-electron chi connectivity index (χ0n) is 12.7. The molecule has 0 radical (unpaired) electrons. The number of nitriles is 1. The molecule has 1 rings (SSSR count). The molecule has 0 fully saturated rings. The summed E-state index contributed by atoms with van der Waals surface area (Å²) in [7, 11) is 2.01. The van der Waals surface area contributed by atoms with Crippen LogP contribution in [0.15, 0.2) is 6.07 Å². The highest BCUT2D eigenvalue weighted by molar-refractivity contribution is 5.44. The van der Waals surface area contributed by atoms with Gasteiger partial charge < -0.3 is 0 Å². The van der Waals surface area contributed by atoms with Gasteiger partial charge in [0.05, 0.1) is 6.07 Å². The molecule has 98 valence electrons. The Morgan fingerprint density at radius 2 is 1.56 bits per heavy atom. The van der Waals surface area contributed by atoms with Gasteiger partial charge in [0.25, 0.3) is 0 Å². The zero-order chi connectivity index (χ0) is 14.1. The zero-order valence-corrected chi connectivity index (χ0v) is 12.7. The van der Waals surface area contributed by atoms with E-state index in [1.807, 2.05) is 20.9 Å². The summed E-state index contributed by atoms with van der Waals surface area (Å²) in [5.74, 6) is 0. The van der Waals surface area contributed by atoms with Crippen LogP contribution >= 0.6 is 0 Å². The van der Waals surface area contributed by atoms with Crippen LogP contribution in [0.1, 0.15) is 41.7 Å². The Labute approximate surface area is 111 Å². The number of aryl methyl sites for hydroxylation is 2. The molecule has 2 heteroatoms. The molecular formula is C16H24N2. The summed E-state index contributed by atoms with van der Waals surface area (Å²) in [4.78, 5) is 2.11. The molecule has 1 aromatic rings. The van der Waals surface area contributed by atoms with Gasteiger partial charge >= 0.3 is 0 Å².